The second-order valence-electron chi connectivity index (χ2n) is 2.64. The summed E-state index contributed by atoms with van der Waals surface area (Å²) in [6, 6.07) is 0. The Balaban J connectivity index is 3.23. The van der Waals surface area contributed by atoms with Crippen LogP contribution in [0.1, 0.15) is 16.1 Å². The predicted octanol–water partition coefficient (Wildman–Crippen LogP) is 0.798. The predicted molar refractivity (Wildman–Crippen MR) is 41.6 cm³/mol. The summed E-state index contributed by atoms with van der Waals surface area (Å²) in [5, 5.41) is 5.30. The quantitative estimate of drug-likeness (QED) is 0.740. The van der Waals surface area contributed by atoms with Gasteiger partial charge in [0.05, 0.1) is 5.56 Å². The van der Waals surface area contributed by atoms with Crippen molar-refractivity contribution >= 4 is 5.91 Å². The fourth-order valence-corrected chi connectivity index (χ4v) is 0.999. The van der Waals surface area contributed by atoms with Crippen molar-refractivity contribution < 1.29 is 18.0 Å². The van der Waals surface area contributed by atoms with E-state index in [4.69, 9.17) is 0 Å². The molecule has 0 atom stereocenters. The highest BCUT2D eigenvalue weighted by molar-refractivity contribution is 5.95. The topological polar surface area (TPSA) is 46.9 Å². The van der Waals surface area contributed by atoms with Crippen LogP contribution in [0, 0.1) is 0 Å². The van der Waals surface area contributed by atoms with Crippen LogP contribution in [0.3, 0.4) is 0 Å². The molecule has 0 aliphatic heterocycles. The zero-order valence-electron chi connectivity index (χ0n) is 7.51. The third-order valence-corrected chi connectivity index (χ3v) is 1.57. The molecular weight excluding hydrogens is 199 g/mol. The molecule has 1 rings (SSSR count). The van der Waals surface area contributed by atoms with E-state index in [0.29, 0.717) is 0 Å². The minimum atomic E-state index is -4.61. The van der Waals surface area contributed by atoms with Crippen LogP contribution in [-0.4, -0.2) is 22.7 Å². The monoisotopic (exact) mass is 207 g/mol. The highest BCUT2D eigenvalue weighted by Gasteiger charge is 2.38. The smallest absolute Gasteiger partial charge is 0.355 e. The van der Waals surface area contributed by atoms with Crippen LogP contribution >= 0.6 is 0 Å². The number of aromatic nitrogens is 2. The molecule has 4 nitrogen and oxygen atoms in total. The fourth-order valence-electron chi connectivity index (χ4n) is 0.999. The van der Waals surface area contributed by atoms with Gasteiger partial charge >= 0.3 is 6.18 Å². The van der Waals surface area contributed by atoms with Crippen LogP contribution in [0.5, 0.6) is 0 Å². The van der Waals surface area contributed by atoms with E-state index in [9.17, 15) is 18.0 Å². The molecule has 0 saturated heterocycles. The standard InChI is InChI=1S/C7H8F3N3O/c1-11-6(14)4-3-13(2)12-5(4)7(8,9)10/h3H,1-2H3,(H,11,14). The van der Waals surface area contributed by atoms with Gasteiger partial charge in [0, 0.05) is 20.3 Å². The van der Waals surface area contributed by atoms with Crippen molar-refractivity contribution in [3.05, 3.63) is 17.5 Å². The van der Waals surface area contributed by atoms with Crippen molar-refractivity contribution in [2.24, 2.45) is 7.05 Å². The summed E-state index contributed by atoms with van der Waals surface area (Å²) < 4.78 is 37.9. The number of hydrogen-bond donors (Lipinski definition) is 1. The Morgan fingerprint density at radius 3 is 2.57 bits per heavy atom. The molecule has 14 heavy (non-hydrogen) atoms. The van der Waals surface area contributed by atoms with Gasteiger partial charge in [-0.3, -0.25) is 9.48 Å². The van der Waals surface area contributed by atoms with Crippen LogP contribution in [0.4, 0.5) is 13.2 Å². The van der Waals surface area contributed by atoms with Crippen LogP contribution in [0.2, 0.25) is 0 Å². The molecule has 1 N–H and O–H groups in total. The number of aryl methyl sites for hydroxylation is 1. The molecule has 0 radical (unpaired) electrons. The molecule has 1 aromatic rings. The molecule has 1 heterocycles. The molecule has 1 amide bonds. The van der Waals surface area contributed by atoms with Gasteiger partial charge in [-0.2, -0.15) is 18.3 Å². The lowest BCUT2D eigenvalue weighted by Crippen LogP contribution is -2.21. The molecule has 0 aliphatic carbocycles. The van der Waals surface area contributed by atoms with Gasteiger partial charge in [0.1, 0.15) is 0 Å². The Hall–Kier alpha value is -1.53. The van der Waals surface area contributed by atoms with Crippen LogP contribution in [-0.2, 0) is 13.2 Å². The second-order valence-corrected chi connectivity index (χ2v) is 2.64. The first kappa shape index (κ1) is 10.6. The number of carbonyl (C=O) groups is 1. The van der Waals surface area contributed by atoms with Gasteiger partial charge in [0.15, 0.2) is 5.69 Å². The molecule has 0 bridgehead atoms. The van der Waals surface area contributed by atoms with E-state index >= 15 is 0 Å². The molecular formula is C7H8F3N3O. The van der Waals surface area contributed by atoms with E-state index in [1.54, 1.807) is 0 Å². The fraction of sp³-hybridized carbons (Fsp3) is 0.429. The normalized spacial score (nSPS) is 11.5. The number of hydrogen-bond acceptors (Lipinski definition) is 2. The van der Waals surface area contributed by atoms with Gasteiger partial charge in [0.25, 0.3) is 5.91 Å². The molecule has 0 spiro atoms. The largest absolute Gasteiger partial charge is 0.435 e. The number of nitrogens with one attached hydrogen (secondary N) is 1. The first-order chi connectivity index (χ1) is 6.36. The maximum Gasteiger partial charge on any atom is 0.435 e. The summed E-state index contributed by atoms with van der Waals surface area (Å²) in [5.74, 6) is -0.801. The molecule has 0 fully saturated rings. The van der Waals surface area contributed by atoms with E-state index in [1.165, 1.54) is 14.1 Å². The van der Waals surface area contributed by atoms with Gasteiger partial charge in [-0.15, -0.1) is 0 Å². The van der Waals surface area contributed by atoms with E-state index in [2.05, 4.69) is 10.4 Å². The third kappa shape index (κ3) is 1.86. The summed E-state index contributed by atoms with van der Waals surface area (Å²) in [4.78, 5) is 11.0. The Morgan fingerprint density at radius 1 is 1.57 bits per heavy atom. The Bertz CT molecular complexity index is 356. The summed E-state index contributed by atoms with van der Waals surface area (Å²) in [7, 11) is 2.58. The zero-order chi connectivity index (χ0) is 10.9. The summed E-state index contributed by atoms with van der Waals surface area (Å²) >= 11 is 0. The van der Waals surface area contributed by atoms with Crippen molar-refractivity contribution in [2.45, 2.75) is 6.18 Å². The lowest BCUT2D eigenvalue weighted by molar-refractivity contribution is -0.141. The number of rotatable bonds is 1. The van der Waals surface area contributed by atoms with Crippen molar-refractivity contribution in [1.29, 1.82) is 0 Å². The Morgan fingerprint density at radius 2 is 2.14 bits per heavy atom. The van der Waals surface area contributed by atoms with Gasteiger partial charge in [-0.1, -0.05) is 0 Å². The summed E-state index contributed by atoms with van der Waals surface area (Å²) in [6.07, 6.45) is -3.58. The van der Waals surface area contributed by atoms with E-state index in [0.717, 1.165) is 10.9 Å². The number of carbonyl (C=O) groups excluding carboxylic acids is 1. The number of amides is 1. The highest BCUT2D eigenvalue weighted by Crippen LogP contribution is 2.30. The molecule has 1 aromatic heterocycles. The second kappa shape index (κ2) is 3.32. The molecule has 0 aromatic carbocycles. The zero-order valence-corrected chi connectivity index (χ0v) is 7.51. The van der Waals surface area contributed by atoms with Crippen LogP contribution < -0.4 is 5.32 Å². The lowest BCUT2D eigenvalue weighted by atomic mass is 10.2. The van der Waals surface area contributed by atoms with Gasteiger partial charge < -0.3 is 5.32 Å². The van der Waals surface area contributed by atoms with Gasteiger partial charge in [-0.05, 0) is 0 Å². The van der Waals surface area contributed by atoms with E-state index in [1.807, 2.05) is 0 Å². The van der Waals surface area contributed by atoms with Crippen LogP contribution in [0.25, 0.3) is 0 Å². The van der Waals surface area contributed by atoms with Gasteiger partial charge in [0.2, 0.25) is 0 Å². The van der Waals surface area contributed by atoms with Crippen molar-refractivity contribution in [3.63, 3.8) is 0 Å². The minimum Gasteiger partial charge on any atom is -0.355 e. The Labute approximate surface area is 77.7 Å². The maximum atomic E-state index is 12.3. The highest BCUT2D eigenvalue weighted by atomic mass is 19.4. The summed E-state index contributed by atoms with van der Waals surface area (Å²) in [5.41, 5.74) is -1.64. The average Bonchev–Trinajstić information content (AvgIpc) is 2.45. The van der Waals surface area contributed by atoms with Crippen LogP contribution in [0.15, 0.2) is 6.20 Å². The first-order valence-electron chi connectivity index (χ1n) is 3.69. The number of nitrogens with zero attached hydrogens (tertiary/aromatic N) is 2. The van der Waals surface area contributed by atoms with Crippen molar-refractivity contribution in [2.75, 3.05) is 7.05 Å². The lowest BCUT2D eigenvalue weighted by Gasteiger charge is -2.04. The third-order valence-electron chi connectivity index (χ3n) is 1.57. The Kier molecular flexibility index (Phi) is 2.50. The van der Waals surface area contributed by atoms with Crippen molar-refractivity contribution in [3.8, 4) is 0 Å². The number of halogens is 3. The maximum absolute atomic E-state index is 12.3. The molecule has 0 unspecified atom stereocenters. The van der Waals surface area contributed by atoms with Gasteiger partial charge in [-0.25, -0.2) is 0 Å². The average molecular weight is 207 g/mol. The first-order valence-corrected chi connectivity index (χ1v) is 3.69. The molecule has 0 aliphatic rings. The number of alkyl halides is 3. The molecule has 0 saturated carbocycles. The minimum absolute atomic E-state index is 0.470. The summed E-state index contributed by atoms with van der Waals surface area (Å²) in [6.45, 7) is 0. The van der Waals surface area contributed by atoms with Crippen molar-refractivity contribution in [1.82, 2.24) is 15.1 Å². The molecule has 7 heteroatoms. The van der Waals surface area contributed by atoms with E-state index < -0.39 is 23.3 Å². The SMILES string of the molecule is CNC(=O)c1cn(C)nc1C(F)(F)F. The molecule has 78 valence electrons. The van der Waals surface area contributed by atoms with E-state index in [-0.39, 0.29) is 0 Å².